The van der Waals surface area contributed by atoms with Crippen LogP contribution in [0, 0.1) is 0 Å². The zero-order chi connectivity index (χ0) is 16.4. The Morgan fingerprint density at radius 3 is 2.30 bits per heavy atom. The van der Waals surface area contributed by atoms with E-state index in [4.69, 9.17) is 4.74 Å². The van der Waals surface area contributed by atoms with Crippen molar-refractivity contribution in [1.82, 2.24) is 4.90 Å². The normalized spacial score (nSPS) is 23.9. The topological polar surface area (TPSA) is 29.5 Å². The first kappa shape index (κ1) is 16.4. The van der Waals surface area contributed by atoms with Crippen LogP contribution in [0.25, 0.3) is 0 Å². The highest BCUT2D eigenvalue weighted by molar-refractivity contribution is 5.95. The van der Waals surface area contributed by atoms with Crippen LogP contribution in [0.4, 0.5) is 0 Å². The van der Waals surface area contributed by atoms with E-state index in [1.54, 1.807) is 0 Å². The van der Waals surface area contributed by atoms with Crippen molar-refractivity contribution in [3.05, 3.63) is 29.3 Å². The Hall–Kier alpha value is -1.51. The number of amides is 1. The molecule has 3 heteroatoms. The fourth-order valence-corrected chi connectivity index (χ4v) is 4.23. The first-order valence-electron chi connectivity index (χ1n) is 9.21. The van der Waals surface area contributed by atoms with Crippen LogP contribution in [0.15, 0.2) is 18.2 Å². The maximum Gasteiger partial charge on any atom is 0.254 e. The monoisotopic (exact) mass is 315 g/mol. The molecule has 3 rings (SSSR count). The maximum atomic E-state index is 13.1. The lowest BCUT2D eigenvalue weighted by Gasteiger charge is -2.46. The van der Waals surface area contributed by atoms with E-state index in [1.165, 1.54) is 44.1 Å². The number of carbonyl (C=O) groups excluding carboxylic acids is 1. The highest BCUT2D eigenvalue weighted by atomic mass is 16.5. The van der Waals surface area contributed by atoms with Crippen LogP contribution in [0.2, 0.25) is 0 Å². The average Bonchev–Trinajstić information content (AvgIpc) is 2.53. The molecule has 2 bridgehead atoms. The van der Waals surface area contributed by atoms with E-state index in [0.29, 0.717) is 24.6 Å². The van der Waals surface area contributed by atoms with Gasteiger partial charge in [-0.2, -0.15) is 0 Å². The Morgan fingerprint density at radius 1 is 1.17 bits per heavy atom. The molecule has 1 aromatic carbocycles. The van der Waals surface area contributed by atoms with Crippen LogP contribution in [0.1, 0.15) is 81.1 Å². The molecule has 2 aliphatic heterocycles. The summed E-state index contributed by atoms with van der Waals surface area (Å²) in [5.74, 6) is 1.47. The second kappa shape index (κ2) is 6.94. The Bertz CT molecular complexity index is 545. The molecule has 0 atom stereocenters. The number of fused-ring (bicyclic) bond motifs is 2. The van der Waals surface area contributed by atoms with Crippen molar-refractivity contribution >= 4 is 5.91 Å². The number of carbonyl (C=O) groups is 1. The molecule has 3 nitrogen and oxygen atoms in total. The standard InChI is InChI=1S/C20H29NO2/c1-4-23-19-13-15(11-12-18(19)14(2)3)20(22)21-16-7-5-8-17(21)10-6-9-16/h11-14,16-17H,4-10H2,1-3H3. The van der Waals surface area contributed by atoms with Gasteiger partial charge >= 0.3 is 0 Å². The van der Waals surface area contributed by atoms with E-state index in [0.717, 1.165) is 11.3 Å². The number of nitrogens with zero attached hydrogens (tertiary/aromatic N) is 1. The molecule has 0 spiro atoms. The van der Waals surface area contributed by atoms with Gasteiger partial charge < -0.3 is 9.64 Å². The molecular weight excluding hydrogens is 286 g/mol. The minimum Gasteiger partial charge on any atom is -0.494 e. The predicted molar refractivity (Wildman–Crippen MR) is 93.1 cm³/mol. The van der Waals surface area contributed by atoms with Crippen molar-refractivity contribution in [2.24, 2.45) is 0 Å². The van der Waals surface area contributed by atoms with Crippen LogP contribution >= 0.6 is 0 Å². The van der Waals surface area contributed by atoms with Gasteiger partial charge in [0, 0.05) is 17.6 Å². The predicted octanol–water partition coefficient (Wildman–Crippen LogP) is 4.76. The van der Waals surface area contributed by atoms with Crippen molar-refractivity contribution in [2.75, 3.05) is 6.61 Å². The lowest BCUT2D eigenvalue weighted by molar-refractivity contribution is 0.0285. The summed E-state index contributed by atoms with van der Waals surface area (Å²) in [6, 6.07) is 6.93. The quantitative estimate of drug-likeness (QED) is 0.802. The molecule has 0 unspecified atom stereocenters. The second-order valence-electron chi connectivity index (χ2n) is 7.22. The Morgan fingerprint density at radius 2 is 1.78 bits per heavy atom. The summed E-state index contributed by atoms with van der Waals surface area (Å²) in [5, 5.41) is 0. The summed E-state index contributed by atoms with van der Waals surface area (Å²) < 4.78 is 5.80. The number of hydrogen-bond donors (Lipinski definition) is 0. The van der Waals surface area contributed by atoms with E-state index < -0.39 is 0 Å². The first-order valence-corrected chi connectivity index (χ1v) is 9.21. The van der Waals surface area contributed by atoms with Gasteiger partial charge in [0.15, 0.2) is 0 Å². The van der Waals surface area contributed by atoms with Crippen LogP contribution < -0.4 is 4.74 Å². The van der Waals surface area contributed by atoms with Crippen LogP contribution in [0.3, 0.4) is 0 Å². The van der Waals surface area contributed by atoms with E-state index in [2.05, 4.69) is 24.8 Å². The molecule has 1 aromatic rings. The van der Waals surface area contributed by atoms with Gasteiger partial charge in [0.2, 0.25) is 0 Å². The molecule has 2 aliphatic rings. The summed E-state index contributed by atoms with van der Waals surface area (Å²) in [7, 11) is 0. The van der Waals surface area contributed by atoms with Gasteiger partial charge in [-0.25, -0.2) is 0 Å². The summed E-state index contributed by atoms with van der Waals surface area (Å²) >= 11 is 0. The highest BCUT2D eigenvalue weighted by Crippen LogP contribution is 2.36. The minimum atomic E-state index is 0.204. The largest absolute Gasteiger partial charge is 0.494 e. The third kappa shape index (κ3) is 3.24. The third-order valence-corrected chi connectivity index (χ3v) is 5.35. The van der Waals surface area contributed by atoms with Crippen molar-refractivity contribution < 1.29 is 9.53 Å². The lowest BCUT2D eigenvalue weighted by Crippen LogP contribution is -2.52. The second-order valence-corrected chi connectivity index (χ2v) is 7.22. The zero-order valence-corrected chi connectivity index (χ0v) is 14.7. The molecule has 2 heterocycles. The number of benzene rings is 1. The molecule has 126 valence electrons. The summed E-state index contributed by atoms with van der Waals surface area (Å²) in [4.78, 5) is 15.3. The molecular formula is C20H29NO2. The molecule has 0 saturated carbocycles. The highest BCUT2D eigenvalue weighted by Gasteiger charge is 2.37. The zero-order valence-electron chi connectivity index (χ0n) is 14.7. The number of hydrogen-bond acceptors (Lipinski definition) is 2. The fourth-order valence-electron chi connectivity index (χ4n) is 4.23. The van der Waals surface area contributed by atoms with E-state index in [9.17, 15) is 4.79 Å². The van der Waals surface area contributed by atoms with Gasteiger partial charge in [0.05, 0.1) is 6.61 Å². The molecule has 0 N–H and O–H groups in total. The number of piperidine rings is 2. The number of rotatable bonds is 4. The van der Waals surface area contributed by atoms with Gasteiger partial charge in [-0.1, -0.05) is 19.9 Å². The molecule has 2 fully saturated rings. The van der Waals surface area contributed by atoms with Gasteiger partial charge in [0.1, 0.15) is 5.75 Å². The average molecular weight is 315 g/mol. The molecule has 1 amide bonds. The van der Waals surface area contributed by atoms with Crippen LogP contribution in [0.5, 0.6) is 5.75 Å². The Kier molecular flexibility index (Phi) is 4.93. The molecule has 23 heavy (non-hydrogen) atoms. The van der Waals surface area contributed by atoms with Crippen molar-refractivity contribution in [1.29, 1.82) is 0 Å². The minimum absolute atomic E-state index is 0.204. The van der Waals surface area contributed by atoms with Gasteiger partial charge in [-0.15, -0.1) is 0 Å². The molecule has 0 aliphatic carbocycles. The van der Waals surface area contributed by atoms with Crippen LogP contribution in [-0.4, -0.2) is 29.5 Å². The molecule has 0 aromatic heterocycles. The van der Waals surface area contributed by atoms with Gasteiger partial charge in [-0.05, 0) is 69.1 Å². The Labute approximate surface area is 140 Å². The third-order valence-electron chi connectivity index (χ3n) is 5.35. The van der Waals surface area contributed by atoms with E-state index in [-0.39, 0.29) is 5.91 Å². The smallest absolute Gasteiger partial charge is 0.254 e. The fraction of sp³-hybridized carbons (Fsp3) is 0.650. The summed E-state index contributed by atoms with van der Waals surface area (Å²) in [6.45, 7) is 6.95. The van der Waals surface area contributed by atoms with Gasteiger partial charge in [-0.3, -0.25) is 4.79 Å². The first-order chi connectivity index (χ1) is 11.1. The summed E-state index contributed by atoms with van der Waals surface area (Å²) in [5.41, 5.74) is 1.97. The van der Waals surface area contributed by atoms with E-state index >= 15 is 0 Å². The Balaban J connectivity index is 1.88. The van der Waals surface area contributed by atoms with Gasteiger partial charge in [0.25, 0.3) is 5.91 Å². The number of ether oxygens (including phenoxy) is 1. The van der Waals surface area contributed by atoms with Crippen molar-refractivity contribution in [3.63, 3.8) is 0 Å². The summed E-state index contributed by atoms with van der Waals surface area (Å²) in [6.07, 6.45) is 7.23. The van der Waals surface area contributed by atoms with Crippen molar-refractivity contribution in [3.8, 4) is 5.75 Å². The lowest BCUT2D eigenvalue weighted by atomic mass is 9.84. The van der Waals surface area contributed by atoms with Crippen LogP contribution in [-0.2, 0) is 0 Å². The molecule has 0 radical (unpaired) electrons. The molecule has 2 saturated heterocycles. The van der Waals surface area contributed by atoms with Crippen molar-refractivity contribution in [2.45, 2.75) is 77.3 Å². The maximum absolute atomic E-state index is 13.1. The SMILES string of the molecule is CCOc1cc(C(=O)N2C3CCCC2CCC3)ccc1C(C)C. The van der Waals surface area contributed by atoms with E-state index in [1.807, 2.05) is 19.1 Å².